The van der Waals surface area contributed by atoms with E-state index in [1.165, 1.54) is 5.56 Å². The third-order valence-corrected chi connectivity index (χ3v) is 6.66. The van der Waals surface area contributed by atoms with E-state index in [0.717, 1.165) is 25.9 Å². The number of carbonyl (C=O) groups excluding carboxylic acids is 1. The zero-order valence-electron chi connectivity index (χ0n) is 14.5. The average Bonchev–Trinajstić information content (AvgIpc) is 3.39. The van der Waals surface area contributed by atoms with Crippen LogP contribution < -0.4 is 10.6 Å². The molecule has 1 aromatic rings. The Balaban J connectivity index is 1.24. The fourth-order valence-corrected chi connectivity index (χ4v) is 4.62. The standard InChI is InChI=1S/C18H27N3O3S/c22-18(19-7-4-8-21-9-11-25(23,24)12-10-21)20-14-16-13-17(16)15-5-2-1-3-6-15/h1-3,5-6,16-17H,4,7-14H2,(H2,19,20,22)/t16-,17-/m0/s1. The lowest BCUT2D eigenvalue weighted by atomic mass is 10.1. The molecule has 2 atom stereocenters. The van der Waals surface area contributed by atoms with Crippen molar-refractivity contribution in [2.45, 2.75) is 18.8 Å². The molecule has 1 aliphatic heterocycles. The number of rotatable bonds is 7. The Bertz CT molecular complexity index is 664. The van der Waals surface area contributed by atoms with Crippen LogP contribution in [0, 0.1) is 5.92 Å². The average molecular weight is 365 g/mol. The Hall–Kier alpha value is -1.60. The van der Waals surface area contributed by atoms with Gasteiger partial charge in [-0.05, 0) is 36.8 Å². The van der Waals surface area contributed by atoms with E-state index < -0.39 is 9.84 Å². The van der Waals surface area contributed by atoms with E-state index in [1.807, 2.05) is 6.07 Å². The maximum atomic E-state index is 11.8. The van der Waals surface area contributed by atoms with Crippen molar-refractivity contribution in [3.63, 3.8) is 0 Å². The third-order valence-electron chi connectivity index (χ3n) is 5.05. The second-order valence-corrected chi connectivity index (χ2v) is 9.30. The molecule has 1 saturated heterocycles. The van der Waals surface area contributed by atoms with Crippen molar-refractivity contribution in [2.24, 2.45) is 5.92 Å². The number of carbonyl (C=O) groups is 1. The molecular formula is C18H27N3O3S. The molecule has 2 amide bonds. The first kappa shape index (κ1) is 18.2. The monoisotopic (exact) mass is 365 g/mol. The van der Waals surface area contributed by atoms with Crippen molar-refractivity contribution in [2.75, 3.05) is 44.2 Å². The fraction of sp³-hybridized carbons (Fsp3) is 0.611. The van der Waals surface area contributed by atoms with Crippen molar-refractivity contribution in [1.29, 1.82) is 0 Å². The van der Waals surface area contributed by atoms with Crippen molar-refractivity contribution in [3.8, 4) is 0 Å². The van der Waals surface area contributed by atoms with Crippen LogP contribution in [0.5, 0.6) is 0 Å². The smallest absolute Gasteiger partial charge is 0.314 e. The number of amides is 2. The SMILES string of the molecule is O=C(NCCCN1CCS(=O)(=O)CC1)NC[C@@H]1C[C@H]1c1ccccc1. The second-order valence-electron chi connectivity index (χ2n) is 7.00. The van der Waals surface area contributed by atoms with Crippen LogP contribution in [0.2, 0.25) is 0 Å². The molecule has 1 saturated carbocycles. The quantitative estimate of drug-likeness (QED) is 0.712. The molecule has 7 heteroatoms. The lowest BCUT2D eigenvalue weighted by molar-refractivity contribution is 0.238. The Labute approximate surface area is 149 Å². The number of hydrogen-bond acceptors (Lipinski definition) is 4. The van der Waals surface area contributed by atoms with Gasteiger partial charge in [0.2, 0.25) is 0 Å². The third kappa shape index (κ3) is 5.71. The summed E-state index contributed by atoms with van der Waals surface area (Å²) in [4.78, 5) is 14.0. The van der Waals surface area contributed by atoms with Gasteiger partial charge in [0.15, 0.2) is 9.84 Å². The van der Waals surface area contributed by atoms with Crippen LogP contribution >= 0.6 is 0 Å². The Morgan fingerprint density at radius 3 is 2.56 bits per heavy atom. The minimum absolute atomic E-state index is 0.111. The van der Waals surface area contributed by atoms with E-state index in [0.29, 0.717) is 31.5 Å². The number of nitrogens with one attached hydrogen (secondary N) is 2. The second kappa shape index (κ2) is 8.19. The number of sulfone groups is 1. The Kier molecular flexibility index (Phi) is 5.96. The topological polar surface area (TPSA) is 78.5 Å². The van der Waals surface area contributed by atoms with E-state index in [4.69, 9.17) is 0 Å². The van der Waals surface area contributed by atoms with Gasteiger partial charge in [-0.3, -0.25) is 0 Å². The highest BCUT2D eigenvalue weighted by atomic mass is 32.2. The van der Waals surface area contributed by atoms with Crippen molar-refractivity contribution in [3.05, 3.63) is 35.9 Å². The maximum Gasteiger partial charge on any atom is 0.314 e. The summed E-state index contributed by atoms with van der Waals surface area (Å²) in [6.45, 7) is 3.37. The summed E-state index contributed by atoms with van der Waals surface area (Å²) in [6, 6.07) is 10.3. The molecule has 138 valence electrons. The summed E-state index contributed by atoms with van der Waals surface area (Å²) in [7, 11) is -2.82. The van der Waals surface area contributed by atoms with Gasteiger partial charge in [0.05, 0.1) is 11.5 Å². The molecule has 1 aliphatic carbocycles. The molecule has 25 heavy (non-hydrogen) atoms. The highest BCUT2D eigenvalue weighted by molar-refractivity contribution is 7.91. The van der Waals surface area contributed by atoms with E-state index in [2.05, 4.69) is 39.8 Å². The molecule has 0 aromatic heterocycles. The molecule has 6 nitrogen and oxygen atoms in total. The molecule has 0 spiro atoms. The van der Waals surface area contributed by atoms with E-state index in [1.54, 1.807) is 0 Å². The Morgan fingerprint density at radius 1 is 1.12 bits per heavy atom. The molecule has 1 aromatic carbocycles. The van der Waals surface area contributed by atoms with E-state index in [9.17, 15) is 13.2 Å². The van der Waals surface area contributed by atoms with E-state index >= 15 is 0 Å². The minimum atomic E-state index is -2.82. The summed E-state index contributed by atoms with van der Waals surface area (Å²) < 4.78 is 22.7. The highest BCUT2D eigenvalue weighted by Gasteiger charge is 2.37. The summed E-state index contributed by atoms with van der Waals surface area (Å²) in [5.41, 5.74) is 1.36. The van der Waals surface area contributed by atoms with Gasteiger partial charge in [-0.2, -0.15) is 0 Å². The van der Waals surface area contributed by atoms with Gasteiger partial charge in [-0.15, -0.1) is 0 Å². The number of benzene rings is 1. The number of urea groups is 1. The van der Waals surface area contributed by atoms with Crippen LogP contribution in [0.1, 0.15) is 24.3 Å². The first-order valence-corrected chi connectivity index (χ1v) is 10.8. The molecule has 2 fully saturated rings. The molecule has 0 bridgehead atoms. The molecule has 3 rings (SSSR count). The first-order valence-electron chi connectivity index (χ1n) is 9.03. The van der Waals surface area contributed by atoms with Crippen molar-refractivity contribution < 1.29 is 13.2 Å². The van der Waals surface area contributed by atoms with Crippen LogP contribution in [0.4, 0.5) is 4.79 Å². The van der Waals surface area contributed by atoms with Gasteiger partial charge >= 0.3 is 6.03 Å². The first-order chi connectivity index (χ1) is 12.0. The van der Waals surface area contributed by atoms with E-state index in [-0.39, 0.29) is 17.5 Å². The van der Waals surface area contributed by atoms with Crippen molar-refractivity contribution in [1.82, 2.24) is 15.5 Å². The van der Waals surface area contributed by atoms with Gasteiger partial charge in [0, 0.05) is 26.2 Å². The van der Waals surface area contributed by atoms with Gasteiger partial charge in [0.1, 0.15) is 0 Å². The van der Waals surface area contributed by atoms with Crippen LogP contribution in [0.3, 0.4) is 0 Å². The normalized spacial score (nSPS) is 25.3. The minimum Gasteiger partial charge on any atom is -0.338 e. The largest absolute Gasteiger partial charge is 0.338 e. The highest BCUT2D eigenvalue weighted by Crippen LogP contribution is 2.46. The summed E-state index contributed by atoms with van der Waals surface area (Å²) in [5, 5.41) is 5.83. The maximum absolute atomic E-state index is 11.8. The number of nitrogens with zero attached hydrogens (tertiary/aromatic N) is 1. The molecule has 2 aliphatic rings. The predicted octanol–water partition coefficient (Wildman–Crippen LogP) is 1.21. The van der Waals surface area contributed by atoms with Gasteiger partial charge in [0.25, 0.3) is 0 Å². The van der Waals surface area contributed by atoms with Gasteiger partial charge in [-0.25, -0.2) is 13.2 Å². The molecule has 0 unspecified atom stereocenters. The van der Waals surface area contributed by atoms with Crippen LogP contribution in [-0.2, 0) is 9.84 Å². The lowest BCUT2D eigenvalue weighted by Crippen LogP contribution is -2.42. The van der Waals surface area contributed by atoms with Gasteiger partial charge < -0.3 is 15.5 Å². The summed E-state index contributed by atoms with van der Waals surface area (Å²) >= 11 is 0. The lowest BCUT2D eigenvalue weighted by Gasteiger charge is -2.26. The predicted molar refractivity (Wildman–Crippen MR) is 98.4 cm³/mol. The molecule has 2 N–H and O–H groups in total. The summed E-state index contributed by atoms with van der Waals surface area (Å²) in [6.07, 6.45) is 1.98. The number of hydrogen-bond donors (Lipinski definition) is 2. The van der Waals surface area contributed by atoms with Crippen LogP contribution in [0.25, 0.3) is 0 Å². The van der Waals surface area contributed by atoms with Crippen LogP contribution in [-0.4, -0.2) is 63.6 Å². The molecular weight excluding hydrogens is 338 g/mol. The summed E-state index contributed by atoms with van der Waals surface area (Å²) in [5.74, 6) is 1.63. The fourth-order valence-electron chi connectivity index (χ4n) is 3.35. The zero-order chi connectivity index (χ0) is 17.7. The molecule has 1 heterocycles. The molecule has 0 radical (unpaired) electrons. The van der Waals surface area contributed by atoms with Crippen molar-refractivity contribution >= 4 is 15.9 Å². The Morgan fingerprint density at radius 2 is 1.84 bits per heavy atom. The van der Waals surface area contributed by atoms with Crippen LogP contribution in [0.15, 0.2) is 30.3 Å². The zero-order valence-corrected chi connectivity index (χ0v) is 15.3. The van der Waals surface area contributed by atoms with Gasteiger partial charge in [-0.1, -0.05) is 30.3 Å².